The van der Waals surface area contributed by atoms with E-state index < -0.39 is 10.0 Å². The van der Waals surface area contributed by atoms with Crippen LogP contribution in [0.1, 0.15) is 12.0 Å². The zero-order valence-electron chi connectivity index (χ0n) is 10.2. The van der Waals surface area contributed by atoms with Crippen molar-refractivity contribution in [2.24, 2.45) is 0 Å². The molecule has 98 valence electrons. The number of methoxy groups -OCH3 is 1. The van der Waals surface area contributed by atoms with Crippen molar-refractivity contribution >= 4 is 15.7 Å². The SMILES string of the molecule is COc1ccc(C#CCCO)cc1NS(C)(=O)=O. The standard InChI is InChI=1S/C12H15NO4S/c1-17-12-7-6-10(5-3-4-8-14)9-11(12)13-18(2,15)16/h6-7,9,13-14H,4,8H2,1-2H3. The fourth-order valence-electron chi connectivity index (χ4n) is 1.29. The van der Waals surface area contributed by atoms with Crippen molar-refractivity contribution in [3.05, 3.63) is 23.8 Å². The van der Waals surface area contributed by atoms with Gasteiger partial charge in [-0.25, -0.2) is 8.42 Å². The van der Waals surface area contributed by atoms with Gasteiger partial charge < -0.3 is 9.84 Å². The van der Waals surface area contributed by atoms with Gasteiger partial charge >= 0.3 is 0 Å². The second-order valence-corrected chi connectivity index (χ2v) is 5.31. The van der Waals surface area contributed by atoms with Crippen LogP contribution in [0.2, 0.25) is 0 Å². The third kappa shape index (κ3) is 4.65. The Labute approximate surface area is 107 Å². The average molecular weight is 269 g/mol. The van der Waals surface area contributed by atoms with Gasteiger partial charge in [0, 0.05) is 12.0 Å². The number of hydrogen-bond acceptors (Lipinski definition) is 4. The molecular weight excluding hydrogens is 254 g/mol. The van der Waals surface area contributed by atoms with E-state index in [1.807, 2.05) is 0 Å². The number of anilines is 1. The number of sulfonamides is 1. The number of rotatable bonds is 4. The maximum atomic E-state index is 11.2. The van der Waals surface area contributed by atoms with Gasteiger partial charge in [-0.3, -0.25) is 4.72 Å². The van der Waals surface area contributed by atoms with Crippen molar-refractivity contribution in [3.8, 4) is 17.6 Å². The fourth-order valence-corrected chi connectivity index (χ4v) is 1.84. The van der Waals surface area contributed by atoms with Crippen LogP contribution in [0.3, 0.4) is 0 Å². The van der Waals surface area contributed by atoms with Gasteiger partial charge in [0.25, 0.3) is 0 Å². The normalized spacial score (nSPS) is 10.4. The first-order chi connectivity index (χ1) is 8.46. The van der Waals surface area contributed by atoms with E-state index in [1.165, 1.54) is 7.11 Å². The van der Waals surface area contributed by atoms with Crippen LogP contribution in [0.25, 0.3) is 0 Å². The first-order valence-corrected chi connectivity index (χ1v) is 7.11. The summed E-state index contributed by atoms with van der Waals surface area (Å²) in [6, 6.07) is 4.94. The summed E-state index contributed by atoms with van der Waals surface area (Å²) in [4.78, 5) is 0. The molecule has 5 nitrogen and oxygen atoms in total. The van der Waals surface area contributed by atoms with E-state index in [4.69, 9.17) is 9.84 Å². The van der Waals surface area contributed by atoms with Crippen LogP contribution in [0.4, 0.5) is 5.69 Å². The zero-order chi connectivity index (χ0) is 13.6. The van der Waals surface area contributed by atoms with Crippen molar-refractivity contribution in [2.75, 3.05) is 24.7 Å². The minimum Gasteiger partial charge on any atom is -0.495 e. The molecule has 0 unspecified atom stereocenters. The summed E-state index contributed by atoms with van der Waals surface area (Å²) in [6.07, 6.45) is 1.44. The smallest absolute Gasteiger partial charge is 0.229 e. The molecule has 2 N–H and O–H groups in total. The predicted molar refractivity (Wildman–Crippen MR) is 70.0 cm³/mol. The van der Waals surface area contributed by atoms with E-state index in [0.29, 0.717) is 23.4 Å². The summed E-state index contributed by atoms with van der Waals surface area (Å²) in [6.45, 7) is -0.00238. The summed E-state index contributed by atoms with van der Waals surface area (Å²) in [5.74, 6) is 6.01. The van der Waals surface area contributed by atoms with E-state index in [-0.39, 0.29) is 6.61 Å². The summed E-state index contributed by atoms with van der Waals surface area (Å²) < 4.78 is 29.8. The minimum absolute atomic E-state index is 0.00238. The molecule has 0 aliphatic heterocycles. The van der Waals surface area contributed by atoms with Crippen molar-refractivity contribution in [1.82, 2.24) is 0 Å². The number of ether oxygens (including phenoxy) is 1. The van der Waals surface area contributed by atoms with E-state index in [2.05, 4.69) is 16.6 Å². The summed E-state index contributed by atoms with van der Waals surface area (Å²) in [5, 5.41) is 8.62. The molecule has 0 fully saturated rings. The molecular formula is C12H15NO4S. The Morgan fingerprint density at radius 2 is 2.17 bits per heavy atom. The van der Waals surface area contributed by atoms with Crippen LogP contribution in [-0.4, -0.2) is 33.5 Å². The van der Waals surface area contributed by atoms with Crippen LogP contribution in [-0.2, 0) is 10.0 Å². The molecule has 0 amide bonds. The lowest BCUT2D eigenvalue weighted by molar-refractivity contribution is 0.305. The highest BCUT2D eigenvalue weighted by Crippen LogP contribution is 2.25. The highest BCUT2D eigenvalue weighted by atomic mass is 32.2. The third-order valence-corrected chi connectivity index (χ3v) is 2.56. The Morgan fingerprint density at radius 3 is 2.72 bits per heavy atom. The lowest BCUT2D eigenvalue weighted by atomic mass is 10.2. The van der Waals surface area contributed by atoms with Crippen molar-refractivity contribution in [3.63, 3.8) is 0 Å². The maximum Gasteiger partial charge on any atom is 0.229 e. The van der Waals surface area contributed by atoms with Crippen molar-refractivity contribution < 1.29 is 18.3 Å². The summed E-state index contributed by atoms with van der Waals surface area (Å²) in [5.41, 5.74) is 0.992. The monoisotopic (exact) mass is 269 g/mol. The van der Waals surface area contributed by atoms with Crippen LogP contribution in [0, 0.1) is 11.8 Å². The van der Waals surface area contributed by atoms with Crippen molar-refractivity contribution in [2.45, 2.75) is 6.42 Å². The molecule has 0 aromatic heterocycles. The predicted octanol–water partition coefficient (Wildman–Crippen LogP) is 0.801. The average Bonchev–Trinajstić information content (AvgIpc) is 2.27. The molecule has 0 saturated carbocycles. The van der Waals surface area contributed by atoms with Gasteiger partial charge in [0.05, 0.1) is 25.7 Å². The highest BCUT2D eigenvalue weighted by molar-refractivity contribution is 7.92. The molecule has 1 rings (SSSR count). The van der Waals surface area contributed by atoms with Gasteiger partial charge in [0.1, 0.15) is 5.75 Å². The van der Waals surface area contributed by atoms with Gasteiger partial charge in [-0.05, 0) is 18.2 Å². The first-order valence-electron chi connectivity index (χ1n) is 5.22. The van der Waals surface area contributed by atoms with Gasteiger partial charge in [0.2, 0.25) is 10.0 Å². The molecule has 0 atom stereocenters. The molecule has 1 aromatic carbocycles. The quantitative estimate of drug-likeness (QED) is 0.793. The van der Waals surface area contributed by atoms with E-state index in [9.17, 15) is 8.42 Å². The molecule has 0 saturated heterocycles. The largest absolute Gasteiger partial charge is 0.495 e. The minimum atomic E-state index is -3.37. The zero-order valence-corrected chi connectivity index (χ0v) is 11.0. The molecule has 18 heavy (non-hydrogen) atoms. The number of nitrogens with one attached hydrogen (secondary N) is 1. The topological polar surface area (TPSA) is 75.6 Å². The Kier molecular flexibility index (Phi) is 5.01. The Bertz CT molecular complexity index is 569. The Morgan fingerprint density at radius 1 is 1.44 bits per heavy atom. The second-order valence-electron chi connectivity index (χ2n) is 3.56. The lowest BCUT2D eigenvalue weighted by Crippen LogP contribution is -2.10. The van der Waals surface area contributed by atoms with Gasteiger partial charge in [-0.2, -0.15) is 0 Å². The summed E-state index contributed by atoms with van der Waals surface area (Å²) >= 11 is 0. The molecule has 1 aromatic rings. The van der Waals surface area contributed by atoms with Crippen LogP contribution < -0.4 is 9.46 Å². The molecule has 0 bridgehead atoms. The number of hydrogen-bond donors (Lipinski definition) is 2. The van der Waals surface area contributed by atoms with Gasteiger partial charge in [0.15, 0.2) is 0 Å². The number of aliphatic hydroxyl groups excluding tert-OH is 1. The van der Waals surface area contributed by atoms with Gasteiger partial charge in [-0.1, -0.05) is 11.8 Å². The van der Waals surface area contributed by atoms with Crippen molar-refractivity contribution in [1.29, 1.82) is 0 Å². The fraction of sp³-hybridized carbons (Fsp3) is 0.333. The van der Waals surface area contributed by atoms with E-state index in [1.54, 1.807) is 18.2 Å². The molecule has 0 radical (unpaired) electrons. The highest BCUT2D eigenvalue weighted by Gasteiger charge is 2.08. The van der Waals surface area contributed by atoms with Crippen LogP contribution in [0.5, 0.6) is 5.75 Å². The molecule has 0 aliphatic rings. The second kappa shape index (κ2) is 6.28. The number of aliphatic hydroxyl groups is 1. The van der Waals surface area contributed by atoms with E-state index >= 15 is 0 Å². The Balaban J connectivity index is 3.07. The van der Waals surface area contributed by atoms with E-state index in [0.717, 1.165) is 6.26 Å². The third-order valence-electron chi connectivity index (χ3n) is 1.96. The van der Waals surface area contributed by atoms with Crippen LogP contribution >= 0.6 is 0 Å². The molecule has 0 spiro atoms. The Hall–Kier alpha value is -1.71. The summed E-state index contributed by atoms with van der Waals surface area (Å²) in [7, 11) is -1.91. The molecule has 6 heteroatoms. The first kappa shape index (κ1) is 14.4. The van der Waals surface area contributed by atoms with Crippen LogP contribution in [0.15, 0.2) is 18.2 Å². The van der Waals surface area contributed by atoms with Gasteiger partial charge in [-0.15, -0.1) is 0 Å². The maximum absolute atomic E-state index is 11.2. The lowest BCUT2D eigenvalue weighted by Gasteiger charge is -2.09. The molecule has 0 heterocycles. The molecule has 0 aliphatic carbocycles. The number of benzene rings is 1.